The van der Waals surface area contributed by atoms with Crippen molar-refractivity contribution in [1.82, 2.24) is 0 Å². The van der Waals surface area contributed by atoms with Gasteiger partial charge in [0, 0.05) is 10.9 Å². The van der Waals surface area contributed by atoms with Crippen LogP contribution in [0.2, 0.25) is 0 Å². The van der Waals surface area contributed by atoms with E-state index >= 15 is 0 Å². The third-order valence-corrected chi connectivity index (χ3v) is 2.47. The van der Waals surface area contributed by atoms with E-state index in [0.29, 0.717) is 10.9 Å². The lowest BCUT2D eigenvalue weighted by molar-refractivity contribution is -0.117. The molecule has 1 aromatic carbocycles. The van der Waals surface area contributed by atoms with Gasteiger partial charge in [-0.1, -0.05) is 22.9 Å². The van der Waals surface area contributed by atoms with Gasteiger partial charge in [0.1, 0.15) is 11.6 Å². The van der Waals surface area contributed by atoms with Crippen molar-refractivity contribution in [3.05, 3.63) is 34.1 Å². The topological polar surface area (TPSA) is 34.1 Å². The fraction of sp³-hybridized carbons (Fsp3) is 0.273. The van der Waals surface area contributed by atoms with Crippen LogP contribution in [-0.2, 0) is 4.79 Å². The summed E-state index contributed by atoms with van der Waals surface area (Å²) in [5.41, 5.74) is -0.0359. The van der Waals surface area contributed by atoms with E-state index in [2.05, 4.69) is 15.9 Å². The van der Waals surface area contributed by atoms with Crippen molar-refractivity contribution in [2.45, 2.75) is 19.8 Å². The molecule has 0 aromatic heterocycles. The predicted molar refractivity (Wildman–Crippen MR) is 58.3 cm³/mol. The van der Waals surface area contributed by atoms with E-state index in [4.69, 9.17) is 0 Å². The summed E-state index contributed by atoms with van der Waals surface area (Å²) in [7, 11) is 0. The average Bonchev–Trinajstić information content (AvgIpc) is 2.21. The molecule has 0 radical (unpaired) electrons. The van der Waals surface area contributed by atoms with Crippen molar-refractivity contribution in [2.24, 2.45) is 0 Å². The van der Waals surface area contributed by atoms with Gasteiger partial charge in [0.25, 0.3) is 0 Å². The molecular formula is C11H10BrFO2. The van der Waals surface area contributed by atoms with E-state index in [9.17, 15) is 14.0 Å². The van der Waals surface area contributed by atoms with Gasteiger partial charge in [-0.25, -0.2) is 4.39 Å². The molecule has 15 heavy (non-hydrogen) atoms. The van der Waals surface area contributed by atoms with Gasteiger partial charge in [-0.2, -0.15) is 0 Å². The maximum absolute atomic E-state index is 13.2. The first-order chi connectivity index (χ1) is 7.04. The van der Waals surface area contributed by atoms with E-state index in [1.54, 1.807) is 6.92 Å². The first-order valence-corrected chi connectivity index (χ1v) is 5.34. The van der Waals surface area contributed by atoms with Crippen LogP contribution in [0.1, 0.15) is 30.1 Å². The highest BCUT2D eigenvalue weighted by Gasteiger charge is 2.14. The lowest BCUT2D eigenvalue weighted by Crippen LogP contribution is -2.08. The van der Waals surface area contributed by atoms with Crippen LogP contribution in [0.15, 0.2) is 22.7 Å². The zero-order valence-electron chi connectivity index (χ0n) is 8.22. The molecule has 0 unspecified atom stereocenters. The van der Waals surface area contributed by atoms with Crippen molar-refractivity contribution >= 4 is 27.5 Å². The van der Waals surface area contributed by atoms with Crippen LogP contribution < -0.4 is 0 Å². The number of rotatable bonds is 4. The monoisotopic (exact) mass is 272 g/mol. The molecule has 80 valence electrons. The van der Waals surface area contributed by atoms with Crippen LogP contribution in [0.25, 0.3) is 0 Å². The highest BCUT2D eigenvalue weighted by atomic mass is 79.9. The van der Waals surface area contributed by atoms with Crippen LogP contribution >= 0.6 is 15.9 Å². The molecule has 0 fully saturated rings. The minimum Gasteiger partial charge on any atom is -0.299 e. The Hall–Kier alpha value is -1.03. The molecule has 0 aliphatic rings. The van der Waals surface area contributed by atoms with Crippen molar-refractivity contribution in [1.29, 1.82) is 0 Å². The van der Waals surface area contributed by atoms with Crippen LogP contribution in [0.5, 0.6) is 0 Å². The summed E-state index contributed by atoms with van der Waals surface area (Å²) >= 11 is 3.14. The molecule has 0 heterocycles. The summed E-state index contributed by atoms with van der Waals surface area (Å²) in [4.78, 5) is 22.5. The molecule has 0 amide bonds. The molecule has 0 aliphatic heterocycles. The predicted octanol–water partition coefficient (Wildman–Crippen LogP) is 3.14. The Bertz CT molecular complexity index is 402. The number of hydrogen-bond donors (Lipinski definition) is 0. The van der Waals surface area contributed by atoms with Crippen LogP contribution in [0.3, 0.4) is 0 Å². The van der Waals surface area contributed by atoms with Gasteiger partial charge in [0.2, 0.25) is 0 Å². The minimum absolute atomic E-state index is 0.0359. The Morgan fingerprint density at radius 1 is 1.40 bits per heavy atom. The molecule has 4 heteroatoms. The largest absolute Gasteiger partial charge is 0.299 e. The molecular weight excluding hydrogens is 263 g/mol. The third-order valence-electron chi connectivity index (χ3n) is 1.98. The first-order valence-electron chi connectivity index (χ1n) is 4.54. The minimum atomic E-state index is -0.591. The van der Waals surface area contributed by atoms with Gasteiger partial charge in [-0.15, -0.1) is 0 Å². The molecule has 0 saturated heterocycles. The van der Waals surface area contributed by atoms with E-state index in [-0.39, 0.29) is 17.8 Å². The van der Waals surface area contributed by atoms with Gasteiger partial charge in [-0.3, -0.25) is 9.59 Å². The standard InChI is InChI=1S/C11H10BrFO2/c1-2-8(14)6-11(15)9-5-7(12)3-4-10(9)13/h3-5H,2,6H2,1H3. The Labute approximate surface area is 95.6 Å². The van der Waals surface area contributed by atoms with E-state index in [0.717, 1.165) is 0 Å². The second kappa shape index (κ2) is 5.16. The lowest BCUT2D eigenvalue weighted by Gasteiger charge is -2.01. The van der Waals surface area contributed by atoms with Crippen molar-refractivity contribution in [3.63, 3.8) is 0 Å². The fourth-order valence-electron chi connectivity index (χ4n) is 1.11. The smallest absolute Gasteiger partial charge is 0.173 e. The van der Waals surface area contributed by atoms with Gasteiger partial charge >= 0.3 is 0 Å². The highest BCUT2D eigenvalue weighted by molar-refractivity contribution is 9.10. The summed E-state index contributed by atoms with van der Waals surface area (Å²) in [5, 5.41) is 0. The zero-order valence-corrected chi connectivity index (χ0v) is 9.80. The van der Waals surface area contributed by atoms with Crippen LogP contribution in [0.4, 0.5) is 4.39 Å². The number of Topliss-reactive ketones (excluding diaryl/α,β-unsaturated/α-hetero) is 2. The second-order valence-electron chi connectivity index (χ2n) is 3.12. The van der Waals surface area contributed by atoms with Crippen molar-refractivity contribution in [3.8, 4) is 0 Å². The van der Waals surface area contributed by atoms with E-state index < -0.39 is 11.6 Å². The summed E-state index contributed by atoms with van der Waals surface area (Å²) in [6, 6.07) is 4.10. The summed E-state index contributed by atoms with van der Waals surface area (Å²) < 4.78 is 13.8. The van der Waals surface area contributed by atoms with Crippen molar-refractivity contribution in [2.75, 3.05) is 0 Å². The average molecular weight is 273 g/mol. The number of ketones is 2. The molecule has 2 nitrogen and oxygen atoms in total. The number of carbonyl (C=O) groups is 2. The van der Waals surface area contributed by atoms with E-state index in [1.807, 2.05) is 0 Å². The number of carbonyl (C=O) groups excluding carboxylic acids is 2. The van der Waals surface area contributed by atoms with Gasteiger partial charge < -0.3 is 0 Å². The first kappa shape index (κ1) is 12.0. The summed E-state index contributed by atoms with van der Waals surface area (Å²) in [6.45, 7) is 1.67. The highest BCUT2D eigenvalue weighted by Crippen LogP contribution is 2.17. The Kier molecular flexibility index (Phi) is 4.15. The molecule has 0 saturated carbocycles. The van der Waals surface area contributed by atoms with Crippen molar-refractivity contribution < 1.29 is 14.0 Å². The molecule has 0 bridgehead atoms. The van der Waals surface area contributed by atoms with Crippen LogP contribution in [-0.4, -0.2) is 11.6 Å². The van der Waals surface area contributed by atoms with Gasteiger partial charge in [0.05, 0.1) is 12.0 Å². The maximum Gasteiger partial charge on any atom is 0.173 e. The number of benzene rings is 1. The Morgan fingerprint density at radius 3 is 2.67 bits per heavy atom. The quantitative estimate of drug-likeness (QED) is 0.623. The third kappa shape index (κ3) is 3.23. The fourth-order valence-corrected chi connectivity index (χ4v) is 1.47. The van der Waals surface area contributed by atoms with Gasteiger partial charge in [0.15, 0.2) is 5.78 Å². The normalized spacial score (nSPS) is 10.1. The molecule has 0 N–H and O–H groups in total. The van der Waals surface area contributed by atoms with Gasteiger partial charge in [-0.05, 0) is 18.2 Å². The molecule has 1 rings (SSSR count). The summed E-state index contributed by atoms with van der Waals surface area (Å²) in [6.07, 6.45) is 0.0607. The maximum atomic E-state index is 13.2. The molecule has 1 aromatic rings. The van der Waals surface area contributed by atoms with Crippen LogP contribution in [0, 0.1) is 5.82 Å². The second-order valence-corrected chi connectivity index (χ2v) is 4.03. The molecule has 0 spiro atoms. The molecule has 0 atom stereocenters. The summed E-state index contributed by atoms with van der Waals surface area (Å²) in [5.74, 6) is -1.24. The molecule has 0 aliphatic carbocycles. The zero-order chi connectivity index (χ0) is 11.4. The number of hydrogen-bond acceptors (Lipinski definition) is 2. The Balaban J connectivity index is 2.91. The Morgan fingerprint density at radius 2 is 2.07 bits per heavy atom. The van der Waals surface area contributed by atoms with E-state index in [1.165, 1.54) is 18.2 Å². The SMILES string of the molecule is CCC(=O)CC(=O)c1cc(Br)ccc1F. The lowest BCUT2D eigenvalue weighted by atomic mass is 10.0. The number of halogens is 2.